The maximum Gasteiger partial charge on any atom is 0.333 e. The van der Waals surface area contributed by atoms with E-state index in [0.29, 0.717) is 5.57 Å². The molecule has 2 nitrogen and oxygen atoms in total. The molecule has 210 valence electrons. The molecule has 0 aliphatic heterocycles. The van der Waals surface area contributed by atoms with Gasteiger partial charge in [-0.3, -0.25) is 0 Å². The van der Waals surface area contributed by atoms with Gasteiger partial charge in [-0.1, -0.05) is 135 Å². The molecule has 0 atom stereocenters. The highest BCUT2D eigenvalue weighted by Gasteiger charge is 2.31. The van der Waals surface area contributed by atoms with E-state index in [9.17, 15) is 4.79 Å². The molecule has 0 heterocycles. The van der Waals surface area contributed by atoms with Crippen molar-refractivity contribution in [3.05, 3.63) is 12.2 Å². The molecule has 0 spiro atoms. The minimum absolute atomic E-state index is 0.136. The number of rotatable bonds is 20. The second-order valence-corrected chi connectivity index (χ2v) is 12.6. The maximum atomic E-state index is 11.8. The second kappa shape index (κ2) is 20.2. The van der Waals surface area contributed by atoms with Crippen molar-refractivity contribution in [2.75, 3.05) is 0 Å². The van der Waals surface area contributed by atoms with Crippen LogP contribution in [0, 0.1) is 17.8 Å². The maximum absolute atomic E-state index is 11.8. The van der Waals surface area contributed by atoms with Gasteiger partial charge in [0, 0.05) is 5.57 Å². The third-order valence-electron chi connectivity index (χ3n) is 9.37. The van der Waals surface area contributed by atoms with Crippen LogP contribution >= 0.6 is 0 Å². The molecule has 0 aromatic heterocycles. The normalized spacial score (nSPS) is 24.5. The standard InChI is InChI=1S/C34H62O2/c1-4-5-6-7-8-9-10-11-12-13-14-15-16-17-18-19-20-30-21-23-31(24-22-30)32-25-27-33(28-26-32)36-34(35)29(2)3/h30-33H,2,4-28H2,1,3H3. The van der Waals surface area contributed by atoms with Crippen LogP contribution in [0.15, 0.2) is 12.2 Å². The Morgan fingerprint density at radius 3 is 1.42 bits per heavy atom. The molecule has 0 radical (unpaired) electrons. The van der Waals surface area contributed by atoms with Crippen LogP contribution in [0.25, 0.3) is 0 Å². The number of carbonyl (C=O) groups excluding carboxylic acids is 1. The molecule has 0 aromatic rings. The Kier molecular flexibility index (Phi) is 17.6. The first kappa shape index (κ1) is 31.4. The summed E-state index contributed by atoms with van der Waals surface area (Å²) >= 11 is 0. The van der Waals surface area contributed by atoms with Gasteiger partial charge in [0.15, 0.2) is 0 Å². The van der Waals surface area contributed by atoms with Crippen LogP contribution in [0.5, 0.6) is 0 Å². The lowest BCUT2D eigenvalue weighted by Crippen LogP contribution is -2.29. The van der Waals surface area contributed by atoms with Crippen molar-refractivity contribution in [2.24, 2.45) is 17.8 Å². The zero-order valence-corrected chi connectivity index (χ0v) is 24.5. The van der Waals surface area contributed by atoms with E-state index in [1.54, 1.807) is 6.92 Å². The Bertz CT molecular complexity index is 552. The first-order valence-electron chi connectivity index (χ1n) is 16.5. The van der Waals surface area contributed by atoms with Crippen LogP contribution in [-0.2, 0) is 9.53 Å². The Labute approximate surface area is 225 Å². The van der Waals surface area contributed by atoms with E-state index in [1.807, 2.05) is 0 Å². The molecule has 2 aliphatic carbocycles. The van der Waals surface area contributed by atoms with Crippen molar-refractivity contribution >= 4 is 5.97 Å². The Balaban J connectivity index is 1.35. The number of esters is 1. The fourth-order valence-corrected chi connectivity index (χ4v) is 6.86. The Morgan fingerprint density at radius 2 is 1.00 bits per heavy atom. The smallest absolute Gasteiger partial charge is 0.333 e. The highest BCUT2D eigenvalue weighted by atomic mass is 16.5. The third-order valence-corrected chi connectivity index (χ3v) is 9.37. The van der Waals surface area contributed by atoms with Crippen LogP contribution in [0.1, 0.15) is 174 Å². The summed E-state index contributed by atoms with van der Waals surface area (Å²) in [6.45, 7) is 7.75. The molecule has 2 aliphatic rings. The first-order chi connectivity index (χ1) is 17.6. The van der Waals surface area contributed by atoms with E-state index < -0.39 is 0 Å². The molecule has 2 saturated carbocycles. The van der Waals surface area contributed by atoms with Gasteiger partial charge in [0.2, 0.25) is 0 Å². The minimum Gasteiger partial charge on any atom is -0.459 e. The summed E-state index contributed by atoms with van der Waals surface area (Å²) in [5.74, 6) is 2.61. The highest BCUT2D eigenvalue weighted by molar-refractivity contribution is 5.87. The summed E-state index contributed by atoms with van der Waals surface area (Å²) in [6, 6.07) is 0. The molecular weight excluding hydrogens is 440 g/mol. The Morgan fingerprint density at radius 1 is 0.611 bits per heavy atom. The lowest BCUT2D eigenvalue weighted by Gasteiger charge is -2.37. The summed E-state index contributed by atoms with van der Waals surface area (Å²) in [5, 5.41) is 0. The summed E-state index contributed by atoms with van der Waals surface area (Å²) in [5.41, 5.74) is 0.528. The van der Waals surface area contributed by atoms with Crippen molar-refractivity contribution in [1.82, 2.24) is 0 Å². The number of carbonyl (C=O) groups is 1. The average molecular weight is 503 g/mol. The predicted octanol–water partition coefficient (Wildman–Crippen LogP) is 11.1. The largest absolute Gasteiger partial charge is 0.459 e. The Hall–Kier alpha value is -0.790. The van der Waals surface area contributed by atoms with Gasteiger partial charge in [0.05, 0.1) is 0 Å². The number of hydrogen-bond donors (Lipinski definition) is 0. The summed E-state index contributed by atoms with van der Waals surface area (Å²) in [4.78, 5) is 11.8. The van der Waals surface area contributed by atoms with E-state index in [1.165, 1.54) is 148 Å². The van der Waals surface area contributed by atoms with Gasteiger partial charge >= 0.3 is 5.97 Å². The molecule has 0 unspecified atom stereocenters. The monoisotopic (exact) mass is 502 g/mol. The molecular formula is C34H62O2. The van der Waals surface area contributed by atoms with Crippen molar-refractivity contribution < 1.29 is 9.53 Å². The van der Waals surface area contributed by atoms with Crippen LogP contribution in [0.4, 0.5) is 0 Å². The number of hydrogen-bond acceptors (Lipinski definition) is 2. The molecule has 2 fully saturated rings. The van der Waals surface area contributed by atoms with Gasteiger partial charge in [-0.2, -0.15) is 0 Å². The van der Waals surface area contributed by atoms with Crippen LogP contribution in [0.3, 0.4) is 0 Å². The van der Waals surface area contributed by atoms with Gasteiger partial charge in [-0.15, -0.1) is 0 Å². The predicted molar refractivity (Wildman–Crippen MR) is 156 cm³/mol. The van der Waals surface area contributed by atoms with E-state index in [4.69, 9.17) is 4.74 Å². The van der Waals surface area contributed by atoms with Gasteiger partial charge in [0.1, 0.15) is 6.10 Å². The molecule has 0 saturated heterocycles. The second-order valence-electron chi connectivity index (χ2n) is 12.6. The van der Waals surface area contributed by atoms with Gasteiger partial charge < -0.3 is 4.74 Å². The zero-order chi connectivity index (χ0) is 25.8. The van der Waals surface area contributed by atoms with Crippen LogP contribution in [-0.4, -0.2) is 12.1 Å². The number of ether oxygens (including phenoxy) is 1. The first-order valence-corrected chi connectivity index (χ1v) is 16.5. The SMILES string of the molecule is C=C(C)C(=O)OC1CCC(C2CCC(CCCCCCCCCCCCCCCCCC)CC2)CC1. The van der Waals surface area contributed by atoms with Crippen molar-refractivity contribution in [3.8, 4) is 0 Å². The van der Waals surface area contributed by atoms with Crippen molar-refractivity contribution in [1.29, 1.82) is 0 Å². The topological polar surface area (TPSA) is 26.3 Å². The zero-order valence-electron chi connectivity index (χ0n) is 24.5. The van der Waals surface area contributed by atoms with E-state index in [0.717, 1.165) is 30.6 Å². The summed E-state index contributed by atoms with van der Waals surface area (Å²) in [6.07, 6.45) is 35.4. The van der Waals surface area contributed by atoms with E-state index in [-0.39, 0.29) is 12.1 Å². The molecule has 2 heteroatoms. The lowest BCUT2D eigenvalue weighted by molar-refractivity contribution is -0.146. The van der Waals surface area contributed by atoms with Gasteiger partial charge in [-0.05, 0) is 63.2 Å². The third kappa shape index (κ3) is 14.2. The number of unbranched alkanes of at least 4 members (excludes halogenated alkanes) is 15. The fraction of sp³-hybridized carbons (Fsp3) is 0.912. The molecule has 0 aromatic carbocycles. The molecule has 36 heavy (non-hydrogen) atoms. The molecule has 0 bridgehead atoms. The van der Waals surface area contributed by atoms with Crippen molar-refractivity contribution in [3.63, 3.8) is 0 Å². The fourth-order valence-electron chi connectivity index (χ4n) is 6.86. The van der Waals surface area contributed by atoms with Crippen molar-refractivity contribution in [2.45, 2.75) is 180 Å². The minimum atomic E-state index is -0.201. The molecule has 0 amide bonds. The van der Waals surface area contributed by atoms with Crippen LogP contribution in [0.2, 0.25) is 0 Å². The van der Waals surface area contributed by atoms with Gasteiger partial charge in [-0.25, -0.2) is 4.79 Å². The van der Waals surface area contributed by atoms with E-state index in [2.05, 4.69) is 13.5 Å². The van der Waals surface area contributed by atoms with E-state index >= 15 is 0 Å². The van der Waals surface area contributed by atoms with Crippen LogP contribution < -0.4 is 0 Å². The lowest BCUT2D eigenvalue weighted by atomic mass is 9.70. The molecule has 2 rings (SSSR count). The molecule has 0 N–H and O–H groups in total. The summed E-state index contributed by atoms with van der Waals surface area (Å²) < 4.78 is 5.59. The highest BCUT2D eigenvalue weighted by Crippen LogP contribution is 2.41. The quantitative estimate of drug-likeness (QED) is 0.0939. The summed E-state index contributed by atoms with van der Waals surface area (Å²) in [7, 11) is 0. The van der Waals surface area contributed by atoms with Gasteiger partial charge in [0.25, 0.3) is 0 Å². The average Bonchev–Trinajstić information content (AvgIpc) is 2.89.